The van der Waals surface area contributed by atoms with Crippen LogP contribution in [0.1, 0.15) is 17.6 Å². The predicted molar refractivity (Wildman–Crippen MR) is 101 cm³/mol. The zero-order chi connectivity index (χ0) is 17.6. The van der Waals surface area contributed by atoms with Crippen LogP contribution < -0.4 is 5.32 Å². The molecule has 0 aliphatic rings. The first kappa shape index (κ1) is 17.9. The van der Waals surface area contributed by atoms with Gasteiger partial charge in [0.2, 0.25) is 5.91 Å². The van der Waals surface area contributed by atoms with E-state index in [-0.39, 0.29) is 11.7 Å². The van der Waals surface area contributed by atoms with Crippen molar-refractivity contribution < 1.29 is 4.79 Å². The molecule has 0 saturated carbocycles. The van der Waals surface area contributed by atoms with Crippen LogP contribution in [-0.2, 0) is 17.8 Å². The van der Waals surface area contributed by atoms with Crippen molar-refractivity contribution in [1.29, 1.82) is 0 Å². The molecule has 130 valence electrons. The van der Waals surface area contributed by atoms with Gasteiger partial charge in [-0.25, -0.2) is 4.98 Å². The Kier molecular flexibility index (Phi) is 6.06. The third-order valence-electron chi connectivity index (χ3n) is 3.35. The first-order valence-corrected chi connectivity index (χ1v) is 9.88. The number of hydrogen-bond donors (Lipinski definition) is 1. The molecule has 0 aliphatic carbocycles. The summed E-state index contributed by atoms with van der Waals surface area (Å²) in [7, 11) is 0. The molecule has 6 nitrogen and oxygen atoms in total. The number of thiophene rings is 1. The van der Waals surface area contributed by atoms with Gasteiger partial charge in [0.25, 0.3) is 0 Å². The Morgan fingerprint density at radius 1 is 1.36 bits per heavy atom. The molecule has 0 atom stereocenters. The highest BCUT2D eigenvalue weighted by Crippen LogP contribution is 2.20. The van der Waals surface area contributed by atoms with Crippen molar-refractivity contribution in [1.82, 2.24) is 19.7 Å². The Labute approximate surface area is 158 Å². The van der Waals surface area contributed by atoms with E-state index in [0.29, 0.717) is 10.8 Å². The number of thioether (sulfide) groups is 1. The number of halogens is 1. The highest BCUT2D eigenvalue weighted by Gasteiger charge is 2.14. The van der Waals surface area contributed by atoms with Crippen LogP contribution in [0.4, 0.5) is 5.82 Å². The van der Waals surface area contributed by atoms with Gasteiger partial charge in [-0.05, 0) is 30.5 Å². The largest absolute Gasteiger partial charge is 0.310 e. The van der Waals surface area contributed by atoms with Gasteiger partial charge < -0.3 is 9.88 Å². The van der Waals surface area contributed by atoms with Crippen molar-refractivity contribution in [2.75, 3.05) is 11.1 Å². The molecule has 3 heterocycles. The maximum atomic E-state index is 12.1. The summed E-state index contributed by atoms with van der Waals surface area (Å²) in [4.78, 5) is 17.4. The van der Waals surface area contributed by atoms with Gasteiger partial charge in [-0.2, -0.15) is 0 Å². The van der Waals surface area contributed by atoms with Crippen molar-refractivity contribution in [3.05, 3.63) is 51.6 Å². The number of anilines is 1. The minimum Gasteiger partial charge on any atom is -0.310 e. The van der Waals surface area contributed by atoms with Gasteiger partial charge in [0.1, 0.15) is 11.6 Å². The summed E-state index contributed by atoms with van der Waals surface area (Å²) in [6.07, 6.45) is 2.24. The molecule has 0 saturated heterocycles. The van der Waals surface area contributed by atoms with Crippen molar-refractivity contribution in [2.24, 2.45) is 0 Å². The molecular weight excluding hydrogens is 378 g/mol. The third kappa shape index (κ3) is 4.81. The van der Waals surface area contributed by atoms with E-state index >= 15 is 0 Å². The Hall–Kier alpha value is -1.90. The minimum absolute atomic E-state index is 0.148. The molecule has 0 fully saturated rings. The number of aromatic nitrogens is 4. The molecule has 25 heavy (non-hydrogen) atoms. The second kappa shape index (κ2) is 8.46. The number of carbonyl (C=O) groups is 1. The minimum atomic E-state index is -0.148. The van der Waals surface area contributed by atoms with Crippen molar-refractivity contribution in [3.63, 3.8) is 0 Å². The van der Waals surface area contributed by atoms with E-state index < -0.39 is 0 Å². The summed E-state index contributed by atoms with van der Waals surface area (Å²) in [5.41, 5.74) is 0. The van der Waals surface area contributed by atoms with Crippen LogP contribution in [0.15, 0.2) is 41.0 Å². The molecular formula is C16H16ClN5OS2. The number of pyridine rings is 1. The SMILES string of the molecule is CCn1c(Cc2cccs2)nnc1SCC(=O)Nc1ccc(Cl)cn1. The lowest BCUT2D eigenvalue weighted by molar-refractivity contribution is -0.113. The molecule has 0 radical (unpaired) electrons. The molecule has 0 spiro atoms. The first-order valence-electron chi connectivity index (χ1n) is 7.64. The lowest BCUT2D eigenvalue weighted by Gasteiger charge is -2.07. The molecule has 1 amide bonds. The summed E-state index contributed by atoms with van der Waals surface area (Å²) in [6, 6.07) is 7.45. The van der Waals surface area contributed by atoms with E-state index in [4.69, 9.17) is 11.6 Å². The molecule has 0 bridgehead atoms. The average Bonchev–Trinajstić information content (AvgIpc) is 3.25. The Morgan fingerprint density at radius 3 is 2.92 bits per heavy atom. The van der Waals surface area contributed by atoms with Crippen LogP contribution in [0, 0.1) is 0 Å². The van der Waals surface area contributed by atoms with E-state index in [2.05, 4.69) is 26.6 Å². The van der Waals surface area contributed by atoms with Crippen LogP contribution in [0.3, 0.4) is 0 Å². The molecule has 3 rings (SSSR count). The number of carbonyl (C=O) groups excluding carboxylic acids is 1. The fourth-order valence-electron chi connectivity index (χ4n) is 2.20. The topological polar surface area (TPSA) is 72.7 Å². The molecule has 1 N–H and O–H groups in total. The van der Waals surface area contributed by atoms with Gasteiger partial charge >= 0.3 is 0 Å². The Balaban J connectivity index is 1.59. The van der Waals surface area contributed by atoms with E-state index in [1.54, 1.807) is 23.5 Å². The van der Waals surface area contributed by atoms with Crippen LogP contribution >= 0.6 is 34.7 Å². The molecule has 3 aromatic heterocycles. The Bertz CT molecular complexity index is 833. The number of hydrogen-bond acceptors (Lipinski definition) is 6. The van der Waals surface area contributed by atoms with E-state index in [9.17, 15) is 4.79 Å². The van der Waals surface area contributed by atoms with Gasteiger partial charge in [0.15, 0.2) is 5.16 Å². The molecule has 9 heteroatoms. The molecule has 0 aliphatic heterocycles. The zero-order valence-corrected chi connectivity index (χ0v) is 15.9. The standard InChI is InChI=1S/C16H16ClN5OS2/c1-2-22-14(8-12-4-3-7-24-12)20-21-16(22)25-10-15(23)19-13-6-5-11(17)9-18-13/h3-7,9H,2,8,10H2,1H3,(H,18,19,23). The monoisotopic (exact) mass is 393 g/mol. The van der Waals surface area contributed by atoms with Gasteiger partial charge in [-0.1, -0.05) is 29.4 Å². The molecule has 3 aromatic rings. The fourth-order valence-corrected chi connectivity index (χ4v) is 3.84. The van der Waals surface area contributed by atoms with Crippen LogP contribution in [-0.4, -0.2) is 31.4 Å². The maximum absolute atomic E-state index is 12.1. The second-order valence-corrected chi connectivity index (χ2v) is 7.51. The van der Waals surface area contributed by atoms with E-state index in [1.807, 2.05) is 22.9 Å². The normalized spacial score (nSPS) is 10.8. The second-order valence-electron chi connectivity index (χ2n) is 5.10. The van der Waals surface area contributed by atoms with Crippen molar-refractivity contribution in [2.45, 2.75) is 25.0 Å². The highest BCUT2D eigenvalue weighted by molar-refractivity contribution is 7.99. The molecule has 0 unspecified atom stereocenters. The average molecular weight is 394 g/mol. The van der Waals surface area contributed by atoms with Gasteiger partial charge in [0.05, 0.1) is 10.8 Å². The van der Waals surface area contributed by atoms with Crippen molar-refractivity contribution >= 4 is 46.4 Å². The van der Waals surface area contributed by atoms with E-state index in [1.165, 1.54) is 22.8 Å². The number of nitrogens with zero attached hydrogens (tertiary/aromatic N) is 4. The number of amides is 1. The summed E-state index contributed by atoms with van der Waals surface area (Å²) in [5, 5.41) is 14.6. The molecule has 0 aromatic carbocycles. The van der Waals surface area contributed by atoms with Gasteiger partial charge in [-0.15, -0.1) is 21.5 Å². The smallest absolute Gasteiger partial charge is 0.236 e. The van der Waals surface area contributed by atoms with Crippen LogP contribution in [0.5, 0.6) is 0 Å². The summed E-state index contributed by atoms with van der Waals surface area (Å²) >= 11 is 8.84. The van der Waals surface area contributed by atoms with Gasteiger partial charge in [-0.3, -0.25) is 4.79 Å². The lowest BCUT2D eigenvalue weighted by atomic mass is 10.3. The summed E-state index contributed by atoms with van der Waals surface area (Å²) in [5.74, 6) is 1.48. The van der Waals surface area contributed by atoms with E-state index in [0.717, 1.165) is 23.9 Å². The number of rotatable bonds is 7. The summed E-state index contributed by atoms with van der Waals surface area (Å²) < 4.78 is 2.04. The van der Waals surface area contributed by atoms with Crippen LogP contribution in [0.2, 0.25) is 5.02 Å². The number of nitrogens with one attached hydrogen (secondary N) is 1. The van der Waals surface area contributed by atoms with Gasteiger partial charge in [0, 0.05) is 24.0 Å². The fraction of sp³-hybridized carbons (Fsp3) is 0.250. The lowest BCUT2D eigenvalue weighted by Crippen LogP contribution is -2.15. The first-order chi connectivity index (χ1) is 12.2. The highest BCUT2D eigenvalue weighted by atomic mass is 35.5. The predicted octanol–water partition coefficient (Wildman–Crippen LogP) is 3.73. The maximum Gasteiger partial charge on any atom is 0.236 e. The zero-order valence-electron chi connectivity index (χ0n) is 13.5. The Morgan fingerprint density at radius 2 is 2.24 bits per heavy atom. The summed E-state index contributed by atoms with van der Waals surface area (Å²) in [6.45, 7) is 2.81. The quantitative estimate of drug-likeness (QED) is 0.619. The van der Waals surface area contributed by atoms with Crippen molar-refractivity contribution in [3.8, 4) is 0 Å². The third-order valence-corrected chi connectivity index (χ3v) is 5.42. The van der Waals surface area contributed by atoms with Crippen LogP contribution in [0.25, 0.3) is 0 Å².